The average Bonchev–Trinajstić information content (AvgIpc) is 2.13. The standard InChI is InChI=1S/C12H16F2N2O/c1-12(2,3)10(15)11(17)16-9-5-7(13)4-8(14)6-9/h4-6,10H,15H2,1-3H3,(H,16,17)/t10-/m1/s1. The molecule has 0 aliphatic heterocycles. The number of rotatable bonds is 2. The molecule has 3 nitrogen and oxygen atoms in total. The summed E-state index contributed by atoms with van der Waals surface area (Å²) in [7, 11) is 0. The Hall–Kier alpha value is -1.49. The van der Waals surface area contributed by atoms with E-state index in [2.05, 4.69) is 5.32 Å². The van der Waals surface area contributed by atoms with Gasteiger partial charge in [0, 0.05) is 11.8 Å². The molecule has 0 saturated carbocycles. The first-order valence-corrected chi connectivity index (χ1v) is 5.22. The van der Waals surface area contributed by atoms with Crippen molar-refractivity contribution in [3.63, 3.8) is 0 Å². The van der Waals surface area contributed by atoms with Gasteiger partial charge in [-0.15, -0.1) is 0 Å². The maximum absolute atomic E-state index is 12.9. The zero-order valence-corrected chi connectivity index (χ0v) is 10.1. The molecule has 0 bridgehead atoms. The third-order valence-electron chi connectivity index (χ3n) is 2.35. The second-order valence-corrected chi connectivity index (χ2v) is 4.99. The first-order valence-electron chi connectivity index (χ1n) is 5.22. The second kappa shape index (κ2) is 4.79. The number of nitrogens with one attached hydrogen (secondary N) is 1. The van der Waals surface area contributed by atoms with Crippen LogP contribution in [0.15, 0.2) is 18.2 Å². The van der Waals surface area contributed by atoms with Gasteiger partial charge in [0.25, 0.3) is 0 Å². The van der Waals surface area contributed by atoms with Crippen molar-refractivity contribution in [3.8, 4) is 0 Å². The molecule has 0 aromatic heterocycles. The van der Waals surface area contributed by atoms with Crippen LogP contribution in [0.2, 0.25) is 0 Å². The molecule has 1 aromatic rings. The number of halogens is 2. The van der Waals surface area contributed by atoms with Crippen molar-refractivity contribution in [1.29, 1.82) is 0 Å². The summed E-state index contributed by atoms with van der Waals surface area (Å²) in [6.07, 6.45) is 0. The summed E-state index contributed by atoms with van der Waals surface area (Å²) in [4.78, 5) is 11.7. The smallest absolute Gasteiger partial charge is 0.241 e. The third-order valence-corrected chi connectivity index (χ3v) is 2.35. The lowest BCUT2D eigenvalue weighted by atomic mass is 9.87. The minimum Gasteiger partial charge on any atom is -0.325 e. The van der Waals surface area contributed by atoms with Gasteiger partial charge in [-0.2, -0.15) is 0 Å². The summed E-state index contributed by atoms with van der Waals surface area (Å²) >= 11 is 0. The predicted molar refractivity (Wildman–Crippen MR) is 62.4 cm³/mol. The molecule has 94 valence electrons. The summed E-state index contributed by atoms with van der Waals surface area (Å²) < 4.78 is 25.8. The SMILES string of the molecule is CC(C)(C)[C@H](N)C(=O)Nc1cc(F)cc(F)c1. The first kappa shape index (κ1) is 13.6. The Morgan fingerprint density at radius 2 is 1.71 bits per heavy atom. The van der Waals surface area contributed by atoms with Crippen LogP contribution in [0.1, 0.15) is 20.8 Å². The highest BCUT2D eigenvalue weighted by atomic mass is 19.1. The normalized spacial score (nSPS) is 13.3. The van der Waals surface area contributed by atoms with Crippen molar-refractivity contribution < 1.29 is 13.6 Å². The van der Waals surface area contributed by atoms with Gasteiger partial charge in [0.2, 0.25) is 5.91 Å². The largest absolute Gasteiger partial charge is 0.325 e. The van der Waals surface area contributed by atoms with Crippen molar-refractivity contribution in [2.24, 2.45) is 11.1 Å². The van der Waals surface area contributed by atoms with E-state index in [4.69, 9.17) is 5.73 Å². The fourth-order valence-electron chi connectivity index (χ4n) is 1.24. The maximum Gasteiger partial charge on any atom is 0.241 e. The molecule has 1 amide bonds. The highest BCUT2D eigenvalue weighted by Gasteiger charge is 2.27. The lowest BCUT2D eigenvalue weighted by molar-refractivity contribution is -0.119. The first-order chi connectivity index (χ1) is 7.70. The summed E-state index contributed by atoms with van der Waals surface area (Å²) in [6.45, 7) is 5.43. The van der Waals surface area contributed by atoms with E-state index in [-0.39, 0.29) is 5.69 Å². The number of nitrogens with two attached hydrogens (primary N) is 1. The Morgan fingerprint density at radius 1 is 1.24 bits per heavy atom. The number of benzene rings is 1. The number of anilines is 1. The van der Waals surface area contributed by atoms with E-state index in [0.29, 0.717) is 0 Å². The second-order valence-electron chi connectivity index (χ2n) is 4.99. The predicted octanol–water partition coefficient (Wildman–Crippen LogP) is 2.28. The molecule has 5 heteroatoms. The lowest BCUT2D eigenvalue weighted by Crippen LogP contribution is -2.45. The zero-order chi connectivity index (χ0) is 13.2. The number of carbonyl (C=O) groups is 1. The zero-order valence-electron chi connectivity index (χ0n) is 10.1. The van der Waals surface area contributed by atoms with E-state index in [0.717, 1.165) is 18.2 Å². The van der Waals surface area contributed by atoms with Crippen LogP contribution in [-0.4, -0.2) is 11.9 Å². The highest BCUT2D eigenvalue weighted by molar-refractivity contribution is 5.95. The Labute approximate surface area is 99.0 Å². The minimum absolute atomic E-state index is 0.0622. The van der Waals surface area contributed by atoms with E-state index >= 15 is 0 Å². The third kappa shape index (κ3) is 3.78. The monoisotopic (exact) mass is 242 g/mol. The van der Waals surface area contributed by atoms with Crippen LogP contribution in [0.4, 0.5) is 14.5 Å². The summed E-state index contributed by atoms with van der Waals surface area (Å²) in [5, 5.41) is 2.39. The van der Waals surface area contributed by atoms with Gasteiger partial charge >= 0.3 is 0 Å². The van der Waals surface area contributed by atoms with Gasteiger partial charge in [-0.05, 0) is 17.5 Å². The number of carbonyl (C=O) groups excluding carboxylic acids is 1. The van der Waals surface area contributed by atoms with E-state index < -0.39 is 29.0 Å². The van der Waals surface area contributed by atoms with Crippen LogP contribution in [-0.2, 0) is 4.79 Å². The summed E-state index contributed by atoms with van der Waals surface area (Å²) in [5.74, 6) is -1.96. The molecule has 0 fully saturated rings. The van der Waals surface area contributed by atoms with Crippen molar-refractivity contribution in [1.82, 2.24) is 0 Å². The van der Waals surface area contributed by atoms with Crippen molar-refractivity contribution in [3.05, 3.63) is 29.8 Å². The van der Waals surface area contributed by atoms with Crippen LogP contribution < -0.4 is 11.1 Å². The molecular formula is C12H16F2N2O. The Morgan fingerprint density at radius 3 is 2.12 bits per heavy atom. The molecule has 17 heavy (non-hydrogen) atoms. The van der Waals surface area contributed by atoms with Gasteiger partial charge in [-0.25, -0.2) is 8.78 Å². The van der Waals surface area contributed by atoms with Crippen molar-refractivity contribution in [2.75, 3.05) is 5.32 Å². The molecule has 0 spiro atoms. The number of amides is 1. The molecule has 0 saturated heterocycles. The van der Waals surface area contributed by atoms with E-state index in [1.807, 2.05) is 20.8 Å². The molecule has 1 aromatic carbocycles. The molecular weight excluding hydrogens is 226 g/mol. The molecule has 3 N–H and O–H groups in total. The van der Waals surface area contributed by atoms with Gasteiger partial charge in [-0.1, -0.05) is 20.8 Å². The molecule has 0 unspecified atom stereocenters. The number of hydrogen-bond acceptors (Lipinski definition) is 2. The van der Waals surface area contributed by atoms with Crippen LogP contribution in [0.5, 0.6) is 0 Å². The molecule has 1 rings (SSSR count). The van der Waals surface area contributed by atoms with E-state index in [1.54, 1.807) is 0 Å². The van der Waals surface area contributed by atoms with Gasteiger partial charge in [0.05, 0.1) is 6.04 Å². The minimum atomic E-state index is -0.756. The summed E-state index contributed by atoms with van der Waals surface area (Å²) in [5.41, 5.74) is 5.36. The molecule has 1 atom stereocenters. The quantitative estimate of drug-likeness (QED) is 0.835. The molecule has 0 heterocycles. The highest BCUT2D eigenvalue weighted by Crippen LogP contribution is 2.19. The van der Waals surface area contributed by atoms with Gasteiger partial charge in [0.1, 0.15) is 11.6 Å². The maximum atomic E-state index is 12.9. The Kier molecular flexibility index (Phi) is 3.83. The van der Waals surface area contributed by atoms with Gasteiger partial charge in [0.15, 0.2) is 0 Å². The molecule has 0 radical (unpaired) electrons. The van der Waals surface area contributed by atoms with Crippen LogP contribution in [0.25, 0.3) is 0 Å². The van der Waals surface area contributed by atoms with Crippen LogP contribution in [0.3, 0.4) is 0 Å². The van der Waals surface area contributed by atoms with Crippen LogP contribution >= 0.6 is 0 Å². The average molecular weight is 242 g/mol. The molecule has 0 aliphatic rings. The number of hydrogen-bond donors (Lipinski definition) is 2. The fourth-order valence-corrected chi connectivity index (χ4v) is 1.24. The topological polar surface area (TPSA) is 55.1 Å². The van der Waals surface area contributed by atoms with Crippen LogP contribution in [0, 0.1) is 17.0 Å². The van der Waals surface area contributed by atoms with Crippen molar-refractivity contribution in [2.45, 2.75) is 26.8 Å². The van der Waals surface area contributed by atoms with E-state index in [9.17, 15) is 13.6 Å². The Balaban J connectivity index is 2.81. The Bertz CT molecular complexity index is 407. The fraction of sp³-hybridized carbons (Fsp3) is 0.417. The van der Waals surface area contributed by atoms with E-state index in [1.165, 1.54) is 0 Å². The van der Waals surface area contributed by atoms with Gasteiger partial charge in [-0.3, -0.25) is 4.79 Å². The summed E-state index contributed by atoms with van der Waals surface area (Å²) in [6, 6.07) is 2.06. The molecule has 0 aliphatic carbocycles. The van der Waals surface area contributed by atoms with Crippen molar-refractivity contribution >= 4 is 11.6 Å². The lowest BCUT2D eigenvalue weighted by Gasteiger charge is -2.25. The van der Waals surface area contributed by atoms with Gasteiger partial charge < -0.3 is 11.1 Å².